The minimum Gasteiger partial charge on any atom is -0.497 e. The Morgan fingerprint density at radius 1 is 1.14 bits per heavy atom. The van der Waals surface area contributed by atoms with Crippen LogP contribution in [0.3, 0.4) is 0 Å². The molecule has 0 spiro atoms. The lowest BCUT2D eigenvalue weighted by molar-refractivity contribution is -0.139. The number of benzene rings is 1. The number of methoxy groups -OCH3 is 2. The van der Waals surface area contributed by atoms with Crippen molar-refractivity contribution in [2.45, 2.75) is 26.7 Å². The van der Waals surface area contributed by atoms with Crippen LogP contribution < -0.4 is 4.74 Å². The summed E-state index contributed by atoms with van der Waals surface area (Å²) < 4.78 is 9.94. The molecule has 0 amide bonds. The van der Waals surface area contributed by atoms with Crippen LogP contribution in [0.5, 0.6) is 5.75 Å². The molecule has 0 radical (unpaired) electrons. The number of esters is 1. The predicted octanol–water partition coefficient (Wildman–Crippen LogP) is 3.01. The molecular formula is C17H20O4. The van der Waals surface area contributed by atoms with Crippen molar-refractivity contribution in [3.8, 4) is 5.75 Å². The van der Waals surface area contributed by atoms with Crippen LogP contribution in [0.15, 0.2) is 29.8 Å². The first kappa shape index (κ1) is 15.3. The molecule has 1 aliphatic rings. The van der Waals surface area contributed by atoms with Gasteiger partial charge in [-0.05, 0) is 36.1 Å². The van der Waals surface area contributed by atoms with Crippen LogP contribution in [0.4, 0.5) is 0 Å². The number of Topliss-reactive ketones (excluding diaryl/α,β-unsaturated/α-hetero) is 1. The lowest BCUT2D eigenvalue weighted by Gasteiger charge is -2.30. The third kappa shape index (κ3) is 2.84. The van der Waals surface area contributed by atoms with E-state index in [2.05, 4.69) is 0 Å². The molecule has 0 unspecified atom stereocenters. The summed E-state index contributed by atoms with van der Waals surface area (Å²) in [6.07, 6.45) is 1.39. The molecule has 0 saturated heterocycles. The quantitative estimate of drug-likeness (QED) is 0.633. The van der Waals surface area contributed by atoms with Crippen LogP contribution in [0.2, 0.25) is 0 Å². The highest BCUT2D eigenvalue weighted by molar-refractivity contribution is 6.25. The first-order valence-electron chi connectivity index (χ1n) is 6.91. The molecule has 112 valence electrons. The Labute approximate surface area is 124 Å². The molecule has 4 heteroatoms. The van der Waals surface area contributed by atoms with Gasteiger partial charge >= 0.3 is 5.97 Å². The molecule has 0 fully saturated rings. The van der Waals surface area contributed by atoms with Crippen LogP contribution >= 0.6 is 0 Å². The van der Waals surface area contributed by atoms with Crippen molar-refractivity contribution in [2.75, 3.05) is 14.2 Å². The third-order valence-electron chi connectivity index (χ3n) is 3.97. The van der Waals surface area contributed by atoms with E-state index in [1.807, 2.05) is 38.1 Å². The van der Waals surface area contributed by atoms with Crippen LogP contribution in [0, 0.1) is 5.41 Å². The molecule has 0 aliphatic heterocycles. The average molecular weight is 288 g/mol. The number of rotatable bonds is 3. The number of hydrogen-bond donors (Lipinski definition) is 0. The summed E-state index contributed by atoms with van der Waals surface area (Å²) in [5.41, 5.74) is 1.27. The number of carbonyl (C=O) groups excluding carboxylic acids is 2. The molecule has 0 N–H and O–H groups in total. The Kier molecular flexibility index (Phi) is 4.16. The van der Waals surface area contributed by atoms with E-state index in [0.29, 0.717) is 12.8 Å². The highest BCUT2D eigenvalue weighted by Gasteiger charge is 2.39. The van der Waals surface area contributed by atoms with Crippen LogP contribution in [-0.2, 0) is 14.3 Å². The molecule has 1 aromatic rings. The van der Waals surface area contributed by atoms with Gasteiger partial charge in [-0.25, -0.2) is 4.79 Å². The van der Waals surface area contributed by atoms with Crippen molar-refractivity contribution in [1.82, 2.24) is 0 Å². The van der Waals surface area contributed by atoms with E-state index >= 15 is 0 Å². The van der Waals surface area contributed by atoms with Crippen molar-refractivity contribution >= 4 is 17.3 Å². The van der Waals surface area contributed by atoms with Gasteiger partial charge < -0.3 is 9.47 Å². The number of ether oxygens (including phenoxy) is 2. The third-order valence-corrected chi connectivity index (χ3v) is 3.97. The van der Waals surface area contributed by atoms with E-state index < -0.39 is 11.4 Å². The number of allylic oxidation sites excluding steroid dienone is 1. The van der Waals surface area contributed by atoms with E-state index in [1.165, 1.54) is 7.11 Å². The second-order valence-electron chi connectivity index (χ2n) is 5.79. The molecule has 1 aromatic carbocycles. The van der Waals surface area contributed by atoms with Gasteiger partial charge in [0.2, 0.25) is 0 Å². The smallest absolute Gasteiger partial charge is 0.341 e. The summed E-state index contributed by atoms with van der Waals surface area (Å²) in [6.45, 7) is 3.73. The first-order chi connectivity index (χ1) is 9.90. The predicted molar refractivity (Wildman–Crippen MR) is 80.0 cm³/mol. The minimum atomic E-state index is -0.557. The fraction of sp³-hybridized carbons (Fsp3) is 0.412. The summed E-state index contributed by atoms with van der Waals surface area (Å²) in [5, 5.41) is 0. The van der Waals surface area contributed by atoms with Gasteiger partial charge in [0.25, 0.3) is 0 Å². The van der Waals surface area contributed by atoms with E-state index in [1.54, 1.807) is 7.11 Å². The number of ketones is 1. The Hall–Kier alpha value is -2.10. The van der Waals surface area contributed by atoms with E-state index in [-0.39, 0.29) is 11.4 Å². The van der Waals surface area contributed by atoms with Crippen LogP contribution in [0.1, 0.15) is 32.3 Å². The second kappa shape index (κ2) is 5.72. The maximum atomic E-state index is 12.6. The summed E-state index contributed by atoms with van der Waals surface area (Å²) in [6, 6.07) is 7.37. The monoisotopic (exact) mass is 288 g/mol. The topological polar surface area (TPSA) is 52.6 Å². The van der Waals surface area contributed by atoms with Crippen LogP contribution in [0.25, 0.3) is 5.57 Å². The van der Waals surface area contributed by atoms with Gasteiger partial charge in [0.15, 0.2) is 5.78 Å². The molecule has 0 bridgehead atoms. The molecule has 0 heterocycles. The summed E-state index contributed by atoms with van der Waals surface area (Å²) in [7, 11) is 2.90. The van der Waals surface area contributed by atoms with Gasteiger partial charge in [0, 0.05) is 5.41 Å². The molecule has 0 atom stereocenters. The Morgan fingerprint density at radius 2 is 1.76 bits per heavy atom. The SMILES string of the molecule is COC(=O)C1=C(c2ccc(OC)cc2)CCC(C)(C)C1=O. The normalized spacial score (nSPS) is 17.6. The molecule has 2 rings (SSSR count). The largest absolute Gasteiger partial charge is 0.497 e. The zero-order chi connectivity index (χ0) is 15.6. The lowest BCUT2D eigenvalue weighted by Crippen LogP contribution is -2.33. The van der Waals surface area contributed by atoms with Crippen LogP contribution in [-0.4, -0.2) is 26.0 Å². The zero-order valence-corrected chi connectivity index (χ0v) is 12.9. The standard InChI is InChI=1S/C17H20O4/c1-17(2)10-9-13(14(15(17)18)16(19)21-4)11-5-7-12(20-3)8-6-11/h5-8H,9-10H2,1-4H3. The average Bonchev–Trinajstić information content (AvgIpc) is 2.49. The number of carbonyl (C=O) groups is 2. The fourth-order valence-corrected chi connectivity index (χ4v) is 2.55. The molecule has 4 nitrogen and oxygen atoms in total. The summed E-state index contributed by atoms with van der Waals surface area (Å²) in [4.78, 5) is 24.6. The van der Waals surface area contributed by atoms with Gasteiger partial charge in [-0.15, -0.1) is 0 Å². The maximum Gasteiger partial charge on any atom is 0.341 e. The molecule has 21 heavy (non-hydrogen) atoms. The van der Waals surface area contributed by atoms with Gasteiger partial charge in [-0.2, -0.15) is 0 Å². The first-order valence-corrected chi connectivity index (χ1v) is 6.91. The van der Waals surface area contributed by atoms with E-state index in [9.17, 15) is 9.59 Å². The van der Waals surface area contributed by atoms with Gasteiger partial charge in [-0.3, -0.25) is 4.79 Å². The van der Waals surface area contributed by atoms with Crippen molar-refractivity contribution in [3.05, 3.63) is 35.4 Å². The Balaban J connectivity index is 2.54. The van der Waals surface area contributed by atoms with Gasteiger partial charge in [0.05, 0.1) is 14.2 Å². The fourth-order valence-electron chi connectivity index (χ4n) is 2.55. The zero-order valence-electron chi connectivity index (χ0n) is 12.9. The van der Waals surface area contributed by atoms with Crippen molar-refractivity contribution in [1.29, 1.82) is 0 Å². The van der Waals surface area contributed by atoms with Crippen molar-refractivity contribution in [2.24, 2.45) is 5.41 Å². The van der Waals surface area contributed by atoms with Gasteiger partial charge in [0.1, 0.15) is 11.3 Å². The van der Waals surface area contributed by atoms with E-state index in [0.717, 1.165) is 16.9 Å². The Bertz CT molecular complexity index is 594. The second-order valence-corrected chi connectivity index (χ2v) is 5.79. The summed E-state index contributed by atoms with van der Waals surface area (Å²) >= 11 is 0. The molecular weight excluding hydrogens is 268 g/mol. The van der Waals surface area contributed by atoms with Crippen molar-refractivity contribution in [3.63, 3.8) is 0 Å². The minimum absolute atomic E-state index is 0.147. The lowest BCUT2D eigenvalue weighted by atomic mass is 9.72. The highest BCUT2D eigenvalue weighted by atomic mass is 16.5. The van der Waals surface area contributed by atoms with Gasteiger partial charge in [-0.1, -0.05) is 26.0 Å². The number of hydrogen-bond acceptors (Lipinski definition) is 4. The molecule has 0 aromatic heterocycles. The molecule has 1 aliphatic carbocycles. The van der Waals surface area contributed by atoms with E-state index in [4.69, 9.17) is 9.47 Å². The highest BCUT2D eigenvalue weighted by Crippen LogP contribution is 2.40. The Morgan fingerprint density at radius 3 is 2.29 bits per heavy atom. The van der Waals surface area contributed by atoms with Crippen molar-refractivity contribution < 1.29 is 19.1 Å². The summed E-state index contributed by atoms with van der Waals surface area (Å²) in [5.74, 6) is 0.0337. The molecule has 0 saturated carbocycles. The maximum absolute atomic E-state index is 12.6.